The summed E-state index contributed by atoms with van der Waals surface area (Å²) in [6, 6.07) is 8.25. The Morgan fingerprint density at radius 3 is 2.39 bits per heavy atom. The van der Waals surface area contributed by atoms with E-state index in [-0.39, 0.29) is 0 Å². The van der Waals surface area contributed by atoms with Crippen LogP contribution in [0.1, 0.15) is 31.2 Å². The van der Waals surface area contributed by atoms with E-state index in [2.05, 4.69) is 51.3 Å². The third-order valence-corrected chi connectivity index (χ3v) is 4.62. The molecule has 0 aromatic heterocycles. The van der Waals surface area contributed by atoms with E-state index in [1.807, 2.05) is 0 Å². The number of hydrogen-bond acceptors (Lipinski definition) is 2. The van der Waals surface area contributed by atoms with Crippen LogP contribution in [0, 0.1) is 6.92 Å². The summed E-state index contributed by atoms with van der Waals surface area (Å²) in [5, 5.41) is 3.75. The molecule has 2 nitrogen and oxygen atoms in total. The smallest absolute Gasteiger partial charge is 0.0510 e. The van der Waals surface area contributed by atoms with Crippen LogP contribution in [0.25, 0.3) is 0 Å². The Morgan fingerprint density at radius 2 is 1.78 bits per heavy atom. The Morgan fingerprint density at radius 1 is 1.11 bits per heavy atom. The summed E-state index contributed by atoms with van der Waals surface area (Å²) >= 11 is 3.69. The lowest BCUT2D eigenvalue weighted by Crippen LogP contribution is -2.43. The fraction of sp³-hybridized carbons (Fsp3) is 0.600. The van der Waals surface area contributed by atoms with Crippen molar-refractivity contribution in [2.45, 2.75) is 44.7 Å². The van der Waals surface area contributed by atoms with Crippen molar-refractivity contribution in [3.63, 3.8) is 0 Å². The minimum Gasteiger partial charge on any atom is -0.371 e. The van der Waals surface area contributed by atoms with Crippen molar-refractivity contribution in [3.05, 3.63) is 28.2 Å². The molecule has 3 heteroatoms. The van der Waals surface area contributed by atoms with E-state index in [4.69, 9.17) is 0 Å². The molecule has 0 atom stereocenters. The summed E-state index contributed by atoms with van der Waals surface area (Å²) in [5.74, 6) is 0. The second-order valence-electron chi connectivity index (χ2n) is 5.66. The highest BCUT2D eigenvalue weighted by Crippen LogP contribution is 2.30. The Hall–Kier alpha value is -0.540. The predicted molar refractivity (Wildman–Crippen MR) is 80.3 cm³/mol. The van der Waals surface area contributed by atoms with E-state index in [0.717, 1.165) is 12.1 Å². The Balaban J connectivity index is 1.60. The zero-order valence-electron chi connectivity index (χ0n) is 11.0. The minimum atomic E-state index is 0.748. The highest BCUT2D eigenvalue weighted by molar-refractivity contribution is 9.10. The summed E-state index contributed by atoms with van der Waals surface area (Å²) in [6.07, 6.45) is 5.33. The van der Waals surface area contributed by atoms with Gasteiger partial charge in [-0.15, -0.1) is 0 Å². The van der Waals surface area contributed by atoms with Crippen LogP contribution in [-0.4, -0.2) is 25.2 Å². The van der Waals surface area contributed by atoms with Gasteiger partial charge in [0.25, 0.3) is 0 Å². The van der Waals surface area contributed by atoms with Crippen LogP contribution in [0.4, 0.5) is 5.69 Å². The first-order chi connectivity index (χ1) is 8.72. The molecule has 1 aromatic rings. The lowest BCUT2D eigenvalue weighted by molar-refractivity contribution is 0.412. The van der Waals surface area contributed by atoms with Crippen LogP contribution in [0.5, 0.6) is 0 Å². The van der Waals surface area contributed by atoms with Gasteiger partial charge in [-0.1, -0.05) is 6.07 Å². The molecule has 0 bridgehead atoms. The van der Waals surface area contributed by atoms with Crippen molar-refractivity contribution in [2.75, 3.05) is 18.0 Å². The molecule has 1 saturated carbocycles. The van der Waals surface area contributed by atoms with Gasteiger partial charge < -0.3 is 10.2 Å². The summed E-state index contributed by atoms with van der Waals surface area (Å²) < 4.78 is 1.23. The fourth-order valence-electron chi connectivity index (χ4n) is 2.74. The van der Waals surface area contributed by atoms with Crippen molar-refractivity contribution in [1.82, 2.24) is 5.32 Å². The molecule has 1 aromatic carbocycles. The number of anilines is 1. The number of nitrogens with one attached hydrogen (secondary N) is 1. The monoisotopic (exact) mass is 308 g/mol. The molecule has 18 heavy (non-hydrogen) atoms. The summed E-state index contributed by atoms with van der Waals surface area (Å²) in [5.41, 5.74) is 2.67. The normalized spacial score (nSPS) is 21.3. The first-order valence-electron chi connectivity index (χ1n) is 6.99. The fourth-order valence-corrected chi connectivity index (χ4v) is 3.48. The number of benzene rings is 1. The van der Waals surface area contributed by atoms with E-state index < -0.39 is 0 Å². The highest BCUT2D eigenvalue weighted by atomic mass is 79.9. The number of nitrogens with zero attached hydrogens (tertiary/aromatic N) is 1. The van der Waals surface area contributed by atoms with E-state index in [9.17, 15) is 0 Å². The average molecular weight is 309 g/mol. The van der Waals surface area contributed by atoms with Crippen LogP contribution < -0.4 is 10.2 Å². The molecule has 98 valence electrons. The standard InChI is InChI=1S/C15H21BrN2/c1-11-2-5-15(14(16)10-11)18-8-6-13(7-9-18)17-12-3-4-12/h2,5,10,12-13,17H,3-4,6-9H2,1H3. The van der Waals surface area contributed by atoms with Gasteiger partial charge in [0, 0.05) is 29.6 Å². The van der Waals surface area contributed by atoms with Crippen LogP contribution in [0.2, 0.25) is 0 Å². The van der Waals surface area contributed by atoms with Crippen molar-refractivity contribution in [2.24, 2.45) is 0 Å². The third kappa shape index (κ3) is 2.89. The highest BCUT2D eigenvalue weighted by Gasteiger charge is 2.27. The Bertz CT molecular complexity index is 421. The van der Waals surface area contributed by atoms with E-state index in [1.54, 1.807) is 0 Å². The van der Waals surface area contributed by atoms with Gasteiger partial charge in [0.05, 0.1) is 5.69 Å². The molecular weight excluding hydrogens is 288 g/mol. The van der Waals surface area contributed by atoms with Gasteiger partial charge in [-0.25, -0.2) is 0 Å². The van der Waals surface area contributed by atoms with Crippen LogP contribution in [-0.2, 0) is 0 Å². The number of hydrogen-bond donors (Lipinski definition) is 1. The van der Waals surface area contributed by atoms with E-state index in [0.29, 0.717) is 0 Å². The van der Waals surface area contributed by atoms with Gasteiger partial charge in [0.1, 0.15) is 0 Å². The lowest BCUT2D eigenvalue weighted by Gasteiger charge is -2.34. The largest absolute Gasteiger partial charge is 0.371 e. The zero-order chi connectivity index (χ0) is 12.5. The van der Waals surface area contributed by atoms with Gasteiger partial charge in [-0.2, -0.15) is 0 Å². The van der Waals surface area contributed by atoms with Crippen molar-refractivity contribution in [1.29, 1.82) is 0 Å². The van der Waals surface area contributed by atoms with Crippen LogP contribution in [0.3, 0.4) is 0 Å². The summed E-state index contributed by atoms with van der Waals surface area (Å²) in [6.45, 7) is 4.48. The molecule has 0 unspecified atom stereocenters. The second kappa shape index (κ2) is 5.22. The molecule has 3 rings (SSSR count). The minimum absolute atomic E-state index is 0.748. The number of aryl methyl sites for hydroxylation is 1. The van der Waals surface area contributed by atoms with Crippen LogP contribution >= 0.6 is 15.9 Å². The van der Waals surface area contributed by atoms with Gasteiger partial charge in [-0.05, 0) is 66.2 Å². The Kier molecular flexibility index (Phi) is 3.62. The molecule has 0 amide bonds. The molecule has 1 saturated heterocycles. The first kappa shape index (κ1) is 12.5. The molecule has 1 aliphatic carbocycles. The summed E-state index contributed by atoms with van der Waals surface area (Å²) in [7, 11) is 0. The molecular formula is C15H21BrN2. The second-order valence-corrected chi connectivity index (χ2v) is 6.51. The predicted octanol–water partition coefficient (Wildman–Crippen LogP) is 3.48. The van der Waals surface area contributed by atoms with Gasteiger partial charge in [0.15, 0.2) is 0 Å². The molecule has 0 spiro atoms. The van der Waals surface area contributed by atoms with Crippen LogP contribution in [0.15, 0.2) is 22.7 Å². The first-order valence-corrected chi connectivity index (χ1v) is 7.79. The topological polar surface area (TPSA) is 15.3 Å². The molecule has 1 heterocycles. The number of piperidine rings is 1. The molecule has 2 fully saturated rings. The van der Waals surface area contributed by atoms with Crippen molar-refractivity contribution in [3.8, 4) is 0 Å². The van der Waals surface area contributed by atoms with Crippen molar-refractivity contribution < 1.29 is 0 Å². The lowest BCUT2D eigenvalue weighted by atomic mass is 10.0. The number of rotatable bonds is 3. The molecule has 1 N–H and O–H groups in total. The third-order valence-electron chi connectivity index (χ3n) is 3.99. The maximum Gasteiger partial charge on any atom is 0.0510 e. The maximum atomic E-state index is 3.75. The maximum absolute atomic E-state index is 3.75. The SMILES string of the molecule is Cc1ccc(N2CCC(NC3CC3)CC2)c(Br)c1. The van der Waals surface area contributed by atoms with E-state index in [1.165, 1.54) is 54.5 Å². The van der Waals surface area contributed by atoms with Gasteiger partial charge >= 0.3 is 0 Å². The zero-order valence-corrected chi connectivity index (χ0v) is 12.5. The summed E-state index contributed by atoms with van der Waals surface area (Å²) in [4.78, 5) is 2.51. The quantitative estimate of drug-likeness (QED) is 0.919. The van der Waals surface area contributed by atoms with Crippen molar-refractivity contribution >= 4 is 21.6 Å². The van der Waals surface area contributed by atoms with Gasteiger partial charge in [0.2, 0.25) is 0 Å². The number of halogens is 1. The molecule has 1 aliphatic heterocycles. The molecule has 0 radical (unpaired) electrons. The Labute approximate surface area is 118 Å². The van der Waals surface area contributed by atoms with E-state index >= 15 is 0 Å². The van der Waals surface area contributed by atoms with Gasteiger partial charge in [-0.3, -0.25) is 0 Å². The average Bonchev–Trinajstić information content (AvgIpc) is 3.15. The molecule has 2 aliphatic rings.